The van der Waals surface area contributed by atoms with E-state index in [1.54, 1.807) is 23.6 Å². The Labute approximate surface area is 239 Å². The number of imidazole rings is 1. The molecule has 3 aromatic rings. The standard InChI is InChI=1S/C26H29Cl2FN6O3S/c1-33(2)11-6-10-21(36)34-12-4-3-7-17(14-34)35-22-18(27)8-5-9-19(22)30-26(35)32-24(37)16-13-20(39-15-16)31-25(38)23(28)29/h5-6,8-10,13,15,17,23H,3-4,7,11-12,14H2,1-2H3,(H,31,38)(H,30,32,37)/b10-6+/t17-,23?/m1/s1. The molecule has 1 aliphatic rings. The zero-order chi connectivity index (χ0) is 28.1. The highest BCUT2D eigenvalue weighted by Crippen LogP contribution is 2.34. The Morgan fingerprint density at radius 2 is 2.08 bits per heavy atom. The van der Waals surface area contributed by atoms with Crippen molar-refractivity contribution in [2.45, 2.75) is 30.9 Å². The van der Waals surface area contributed by atoms with Crippen LogP contribution in [0, 0.1) is 0 Å². The van der Waals surface area contributed by atoms with Crippen molar-refractivity contribution < 1.29 is 18.8 Å². The number of anilines is 2. The molecular weight excluding hydrogens is 566 g/mol. The van der Waals surface area contributed by atoms with Crippen LogP contribution in [-0.4, -0.2) is 76.4 Å². The second kappa shape index (κ2) is 12.9. The van der Waals surface area contributed by atoms with Crippen LogP contribution in [0.3, 0.4) is 0 Å². The van der Waals surface area contributed by atoms with Gasteiger partial charge in [0.25, 0.3) is 17.4 Å². The molecule has 208 valence electrons. The van der Waals surface area contributed by atoms with Crippen molar-refractivity contribution in [3.8, 4) is 0 Å². The minimum Gasteiger partial charge on any atom is -0.337 e. The minimum absolute atomic E-state index is 0.0647. The lowest BCUT2D eigenvalue weighted by Gasteiger charge is -2.26. The van der Waals surface area contributed by atoms with Crippen molar-refractivity contribution in [2.24, 2.45) is 0 Å². The SMILES string of the molecule is CN(C)C/C=C/C(=O)N1CCCC[C@@H](n2c(NC(=O)c3csc(NC(=O)C(F)Cl)c3)nc3cccc(Cl)c32)C1. The first-order valence-corrected chi connectivity index (χ1v) is 14.1. The molecule has 1 unspecified atom stereocenters. The van der Waals surface area contributed by atoms with Crippen molar-refractivity contribution >= 4 is 74.2 Å². The molecule has 0 spiro atoms. The monoisotopic (exact) mass is 594 g/mol. The van der Waals surface area contributed by atoms with Gasteiger partial charge in [-0.05, 0) is 51.6 Å². The van der Waals surface area contributed by atoms with E-state index in [9.17, 15) is 18.8 Å². The van der Waals surface area contributed by atoms with Crippen LogP contribution in [0.4, 0.5) is 15.3 Å². The van der Waals surface area contributed by atoms with Gasteiger partial charge in [-0.1, -0.05) is 35.3 Å². The Kier molecular flexibility index (Phi) is 9.60. The van der Waals surface area contributed by atoms with Crippen LogP contribution >= 0.6 is 34.5 Å². The number of hydrogen-bond acceptors (Lipinski definition) is 6. The van der Waals surface area contributed by atoms with Crippen LogP contribution in [0.2, 0.25) is 5.02 Å². The molecule has 1 fully saturated rings. The first kappa shape index (κ1) is 29.0. The summed E-state index contributed by atoms with van der Waals surface area (Å²) in [6, 6.07) is 6.62. The number of fused-ring (bicyclic) bond motifs is 1. The summed E-state index contributed by atoms with van der Waals surface area (Å²) in [6.45, 7) is 1.73. The van der Waals surface area contributed by atoms with E-state index < -0.39 is 17.4 Å². The van der Waals surface area contributed by atoms with Gasteiger partial charge in [0.2, 0.25) is 11.9 Å². The fourth-order valence-corrected chi connectivity index (χ4v) is 5.52. The number of para-hydroxylation sites is 1. The number of nitrogens with zero attached hydrogens (tertiary/aromatic N) is 4. The average Bonchev–Trinajstić information content (AvgIpc) is 3.41. The third kappa shape index (κ3) is 7.16. The number of nitrogens with one attached hydrogen (secondary N) is 2. The maximum atomic E-state index is 13.2. The fourth-order valence-electron chi connectivity index (χ4n) is 4.42. The Hall–Kier alpha value is -2.99. The van der Waals surface area contributed by atoms with Crippen molar-refractivity contribution in [1.82, 2.24) is 19.4 Å². The van der Waals surface area contributed by atoms with Crippen LogP contribution in [0.1, 0.15) is 35.7 Å². The van der Waals surface area contributed by atoms with Crippen molar-refractivity contribution in [3.63, 3.8) is 0 Å². The molecule has 1 aliphatic heterocycles. The molecule has 13 heteroatoms. The molecule has 9 nitrogen and oxygen atoms in total. The van der Waals surface area contributed by atoms with Crippen LogP contribution in [0.25, 0.3) is 11.0 Å². The summed E-state index contributed by atoms with van der Waals surface area (Å²) in [5.41, 5.74) is -0.649. The Morgan fingerprint density at radius 1 is 1.28 bits per heavy atom. The molecule has 0 saturated carbocycles. The van der Waals surface area contributed by atoms with E-state index in [4.69, 9.17) is 23.2 Å². The number of benzene rings is 1. The van der Waals surface area contributed by atoms with Crippen LogP contribution in [0.5, 0.6) is 0 Å². The highest BCUT2D eigenvalue weighted by molar-refractivity contribution is 7.14. The number of thiophene rings is 1. The molecule has 3 heterocycles. The summed E-state index contributed by atoms with van der Waals surface area (Å²) in [6.07, 6.45) is 5.96. The third-order valence-electron chi connectivity index (χ3n) is 6.25. The number of amides is 3. The van der Waals surface area contributed by atoms with Gasteiger partial charge in [0.1, 0.15) is 0 Å². The smallest absolute Gasteiger partial charge is 0.275 e. The molecule has 3 amide bonds. The Balaban J connectivity index is 1.62. The van der Waals surface area contributed by atoms with E-state index in [0.29, 0.717) is 41.6 Å². The van der Waals surface area contributed by atoms with Crippen LogP contribution in [-0.2, 0) is 9.59 Å². The number of alkyl halides is 2. The molecule has 4 rings (SSSR count). The zero-order valence-electron chi connectivity index (χ0n) is 21.5. The third-order valence-corrected chi connectivity index (χ3v) is 7.60. The normalized spacial score (nSPS) is 17.0. The van der Waals surface area contributed by atoms with Gasteiger partial charge >= 0.3 is 0 Å². The van der Waals surface area contributed by atoms with E-state index in [-0.39, 0.29) is 22.5 Å². The van der Waals surface area contributed by atoms with Crippen LogP contribution < -0.4 is 10.6 Å². The zero-order valence-corrected chi connectivity index (χ0v) is 23.8. The molecule has 2 N–H and O–H groups in total. The summed E-state index contributed by atoms with van der Waals surface area (Å²) < 4.78 is 14.9. The predicted octanol–water partition coefficient (Wildman–Crippen LogP) is 5.15. The Bertz CT molecular complexity index is 1390. The number of carbonyl (C=O) groups excluding carboxylic acids is 3. The number of rotatable bonds is 8. The maximum Gasteiger partial charge on any atom is 0.275 e. The summed E-state index contributed by atoms with van der Waals surface area (Å²) in [5, 5.41) is 7.50. The summed E-state index contributed by atoms with van der Waals surface area (Å²) in [5.74, 6) is -1.24. The van der Waals surface area contributed by atoms with Crippen molar-refractivity contribution in [3.05, 3.63) is 52.4 Å². The summed E-state index contributed by atoms with van der Waals surface area (Å²) in [4.78, 5) is 46.2. The van der Waals surface area contributed by atoms with Gasteiger partial charge in [-0.25, -0.2) is 9.37 Å². The maximum absolute atomic E-state index is 13.2. The predicted molar refractivity (Wildman–Crippen MR) is 154 cm³/mol. The average molecular weight is 596 g/mol. The summed E-state index contributed by atoms with van der Waals surface area (Å²) in [7, 11) is 3.87. The molecule has 0 aliphatic carbocycles. The van der Waals surface area contributed by atoms with Gasteiger partial charge < -0.3 is 19.7 Å². The first-order chi connectivity index (χ1) is 18.6. The van der Waals surface area contributed by atoms with E-state index >= 15 is 0 Å². The fraction of sp³-hybridized carbons (Fsp3) is 0.385. The topological polar surface area (TPSA) is 99.6 Å². The number of likely N-dealkylation sites (N-methyl/N-ethyl adjacent to an activating group) is 1. The molecule has 1 saturated heterocycles. The highest BCUT2D eigenvalue weighted by Gasteiger charge is 2.28. The van der Waals surface area contributed by atoms with Gasteiger partial charge in [-0.15, -0.1) is 11.3 Å². The highest BCUT2D eigenvalue weighted by atomic mass is 35.5. The number of aromatic nitrogens is 2. The number of hydrogen-bond donors (Lipinski definition) is 2. The largest absolute Gasteiger partial charge is 0.337 e. The van der Waals surface area contributed by atoms with Gasteiger partial charge in [0, 0.05) is 31.1 Å². The second-order valence-electron chi connectivity index (χ2n) is 9.46. The van der Waals surface area contributed by atoms with Gasteiger partial charge in [0.05, 0.1) is 32.7 Å². The van der Waals surface area contributed by atoms with E-state index in [1.165, 1.54) is 6.07 Å². The molecule has 1 aromatic carbocycles. The lowest BCUT2D eigenvalue weighted by Crippen LogP contribution is -2.34. The minimum atomic E-state index is -2.19. The van der Waals surface area contributed by atoms with Gasteiger partial charge in [-0.3, -0.25) is 19.7 Å². The van der Waals surface area contributed by atoms with Crippen molar-refractivity contribution in [2.75, 3.05) is 44.4 Å². The molecule has 39 heavy (non-hydrogen) atoms. The Morgan fingerprint density at radius 3 is 2.82 bits per heavy atom. The van der Waals surface area contributed by atoms with Crippen molar-refractivity contribution in [1.29, 1.82) is 0 Å². The number of carbonyl (C=O) groups is 3. The lowest BCUT2D eigenvalue weighted by atomic mass is 10.1. The number of halogens is 3. The quantitative estimate of drug-likeness (QED) is 0.277. The first-order valence-electron chi connectivity index (χ1n) is 12.4. The molecule has 2 aromatic heterocycles. The second-order valence-corrected chi connectivity index (χ2v) is 11.2. The van der Waals surface area contributed by atoms with Gasteiger partial charge in [0.15, 0.2) is 0 Å². The molecule has 0 radical (unpaired) electrons. The molecular formula is C26H29Cl2FN6O3S. The molecule has 2 atom stereocenters. The number of likely N-dealkylation sites (tertiary alicyclic amines) is 1. The van der Waals surface area contributed by atoms with Crippen LogP contribution in [0.15, 0.2) is 41.8 Å². The van der Waals surface area contributed by atoms with E-state index in [2.05, 4.69) is 15.6 Å². The van der Waals surface area contributed by atoms with Gasteiger partial charge in [-0.2, -0.15) is 0 Å². The summed E-state index contributed by atoms with van der Waals surface area (Å²) >= 11 is 12.9. The van der Waals surface area contributed by atoms with E-state index in [0.717, 1.165) is 30.6 Å². The lowest BCUT2D eigenvalue weighted by molar-refractivity contribution is -0.126. The van der Waals surface area contributed by atoms with E-state index in [1.807, 2.05) is 40.6 Å². The molecule has 0 bridgehead atoms.